The quantitative estimate of drug-likeness (QED) is 0.679. The standard InChI is InChI=1S/C16H12BrClFNO/c1-20-15(11-6-5-10(17)8-13(11)19)14-7-9-3-2-4-12(18)16(9)21-14/h2-8,15,20H,1H3. The van der Waals surface area contributed by atoms with Gasteiger partial charge in [0.1, 0.15) is 11.6 Å². The molecule has 0 aliphatic heterocycles. The van der Waals surface area contributed by atoms with Gasteiger partial charge in [0.05, 0.1) is 11.1 Å². The first-order chi connectivity index (χ1) is 10.1. The molecule has 0 radical (unpaired) electrons. The SMILES string of the molecule is CNC(c1cc2cccc(Cl)c2o1)c1ccc(Br)cc1F. The summed E-state index contributed by atoms with van der Waals surface area (Å²) in [4.78, 5) is 0. The van der Waals surface area contributed by atoms with E-state index < -0.39 is 0 Å². The summed E-state index contributed by atoms with van der Waals surface area (Å²) in [6, 6.07) is 12.0. The Balaban J connectivity index is 2.11. The van der Waals surface area contributed by atoms with Crippen LogP contribution in [0, 0.1) is 5.82 Å². The third-order valence-electron chi connectivity index (χ3n) is 3.36. The molecule has 0 saturated heterocycles. The van der Waals surface area contributed by atoms with Crippen molar-refractivity contribution in [3.63, 3.8) is 0 Å². The summed E-state index contributed by atoms with van der Waals surface area (Å²) in [5.41, 5.74) is 1.14. The summed E-state index contributed by atoms with van der Waals surface area (Å²) in [7, 11) is 1.76. The Morgan fingerprint density at radius 1 is 1.24 bits per heavy atom. The molecule has 0 aliphatic carbocycles. The molecular weight excluding hydrogens is 357 g/mol. The first kappa shape index (κ1) is 14.6. The first-order valence-electron chi connectivity index (χ1n) is 6.40. The number of benzene rings is 2. The Kier molecular flexibility index (Phi) is 4.02. The van der Waals surface area contributed by atoms with Crippen molar-refractivity contribution in [2.45, 2.75) is 6.04 Å². The van der Waals surface area contributed by atoms with Gasteiger partial charge in [0.2, 0.25) is 0 Å². The van der Waals surface area contributed by atoms with Gasteiger partial charge >= 0.3 is 0 Å². The Hall–Kier alpha value is -1.36. The zero-order valence-corrected chi connectivity index (χ0v) is 13.5. The van der Waals surface area contributed by atoms with Crippen LogP contribution in [0.1, 0.15) is 17.4 Å². The van der Waals surface area contributed by atoms with Crippen LogP contribution in [-0.2, 0) is 0 Å². The predicted molar refractivity (Wildman–Crippen MR) is 86.2 cm³/mol. The molecule has 1 heterocycles. The minimum absolute atomic E-state index is 0.296. The Labute approximate surface area is 135 Å². The Morgan fingerprint density at radius 3 is 2.71 bits per heavy atom. The topological polar surface area (TPSA) is 25.2 Å². The zero-order chi connectivity index (χ0) is 15.0. The van der Waals surface area contributed by atoms with Crippen LogP contribution in [-0.4, -0.2) is 7.05 Å². The van der Waals surface area contributed by atoms with Crippen molar-refractivity contribution >= 4 is 38.5 Å². The largest absolute Gasteiger partial charge is 0.457 e. The fourth-order valence-electron chi connectivity index (χ4n) is 2.38. The lowest BCUT2D eigenvalue weighted by atomic mass is 10.0. The molecule has 3 aromatic rings. The maximum atomic E-state index is 14.2. The molecule has 0 fully saturated rings. The highest BCUT2D eigenvalue weighted by Gasteiger charge is 2.21. The molecule has 3 rings (SSSR count). The van der Waals surface area contributed by atoms with Crippen molar-refractivity contribution in [3.05, 3.63) is 69.1 Å². The maximum absolute atomic E-state index is 14.2. The minimum Gasteiger partial charge on any atom is -0.457 e. The number of nitrogens with one attached hydrogen (secondary N) is 1. The molecule has 5 heteroatoms. The molecule has 0 amide bonds. The fraction of sp³-hybridized carbons (Fsp3) is 0.125. The number of para-hydroxylation sites is 1. The molecule has 2 aromatic carbocycles. The van der Waals surface area contributed by atoms with Crippen molar-refractivity contribution < 1.29 is 8.81 Å². The lowest BCUT2D eigenvalue weighted by Crippen LogP contribution is -2.18. The molecule has 2 nitrogen and oxygen atoms in total. The van der Waals surface area contributed by atoms with Gasteiger partial charge in [0.25, 0.3) is 0 Å². The van der Waals surface area contributed by atoms with Crippen LogP contribution in [0.15, 0.2) is 51.4 Å². The number of rotatable bonds is 3. The van der Waals surface area contributed by atoms with Gasteiger partial charge in [-0.15, -0.1) is 0 Å². The summed E-state index contributed by atoms with van der Waals surface area (Å²) in [6.45, 7) is 0. The van der Waals surface area contributed by atoms with Gasteiger partial charge in [0, 0.05) is 15.4 Å². The number of hydrogen-bond acceptors (Lipinski definition) is 2. The van der Waals surface area contributed by atoms with Gasteiger partial charge in [-0.25, -0.2) is 4.39 Å². The molecule has 0 bridgehead atoms. The van der Waals surface area contributed by atoms with E-state index in [1.54, 1.807) is 25.2 Å². The third kappa shape index (κ3) is 2.71. The average Bonchev–Trinajstić information content (AvgIpc) is 2.87. The molecular formula is C16H12BrClFNO. The summed E-state index contributed by atoms with van der Waals surface area (Å²) in [5.74, 6) is 0.331. The highest BCUT2D eigenvalue weighted by molar-refractivity contribution is 9.10. The van der Waals surface area contributed by atoms with Gasteiger partial charge in [-0.1, -0.05) is 45.7 Å². The zero-order valence-electron chi connectivity index (χ0n) is 11.2. The Bertz CT molecular complexity index is 802. The maximum Gasteiger partial charge on any atom is 0.152 e. The summed E-state index contributed by atoms with van der Waals surface area (Å²) in [5, 5.41) is 4.53. The van der Waals surface area contributed by atoms with E-state index in [9.17, 15) is 4.39 Å². The molecule has 0 aliphatic rings. The minimum atomic E-state index is -0.374. The molecule has 0 spiro atoms. The van der Waals surface area contributed by atoms with Crippen LogP contribution in [0.2, 0.25) is 5.02 Å². The number of halogens is 3. The van der Waals surface area contributed by atoms with Crippen molar-refractivity contribution in [1.29, 1.82) is 0 Å². The lowest BCUT2D eigenvalue weighted by molar-refractivity contribution is 0.476. The van der Waals surface area contributed by atoms with E-state index in [1.807, 2.05) is 18.2 Å². The van der Waals surface area contributed by atoms with Crippen LogP contribution in [0.3, 0.4) is 0 Å². The third-order valence-corrected chi connectivity index (χ3v) is 4.15. The molecule has 108 valence electrons. The van der Waals surface area contributed by atoms with E-state index in [1.165, 1.54) is 6.07 Å². The second kappa shape index (κ2) is 5.79. The molecule has 0 saturated carbocycles. The second-order valence-corrected chi connectivity index (χ2v) is 6.02. The molecule has 1 aromatic heterocycles. The van der Waals surface area contributed by atoms with Crippen molar-refractivity contribution in [2.24, 2.45) is 0 Å². The number of furan rings is 1. The van der Waals surface area contributed by atoms with Crippen LogP contribution >= 0.6 is 27.5 Å². The predicted octanol–water partition coefficient (Wildman–Crippen LogP) is 5.30. The highest BCUT2D eigenvalue weighted by atomic mass is 79.9. The molecule has 1 unspecified atom stereocenters. The first-order valence-corrected chi connectivity index (χ1v) is 7.57. The van der Waals surface area contributed by atoms with E-state index in [0.29, 0.717) is 26.4 Å². The Morgan fingerprint density at radius 2 is 2.05 bits per heavy atom. The number of hydrogen-bond donors (Lipinski definition) is 1. The van der Waals surface area contributed by atoms with Gasteiger partial charge in [0.15, 0.2) is 5.58 Å². The number of fused-ring (bicyclic) bond motifs is 1. The summed E-state index contributed by atoms with van der Waals surface area (Å²) >= 11 is 9.38. The van der Waals surface area contributed by atoms with E-state index in [4.69, 9.17) is 16.0 Å². The van der Waals surface area contributed by atoms with E-state index in [0.717, 1.165) is 5.39 Å². The molecule has 21 heavy (non-hydrogen) atoms. The highest BCUT2D eigenvalue weighted by Crippen LogP contribution is 2.33. The van der Waals surface area contributed by atoms with E-state index in [2.05, 4.69) is 21.2 Å². The van der Waals surface area contributed by atoms with Crippen molar-refractivity contribution in [1.82, 2.24) is 5.32 Å². The van der Waals surface area contributed by atoms with Crippen molar-refractivity contribution in [2.75, 3.05) is 7.05 Å². The summed E-state index contributed by atoms with van der Waals surface area (Å²) in [6.07, 6.45) is 0. The van der Waals surface area contributed by atoms with Gasteiger partial charge in [-0.05, 0) is 31.3 Å². The smallest absolute Gasteiger partial charge is 0.152 e. The van der Waals surface area contributed by atoms with E-state index >= 15 is 0 Å². The van der Waals surface area contributed by atoms with E-state index in [-0.39, 0.29) is 11.9 Å². The second-order valence-electron chi connectivity index (χ2n) is 4.69. The van der Waals surface area contributed by atoms with Gasteiger partial charge < -0.3 is 9.73 Å². The van der Waals surface area contributed by atoms with Gasteiger partial charge in [-0.3, -0.25) is 0 Å². The van der Waals surface area contributed by atoms with Crippen LogP contribution in [0.25, 0.3) is 11.0 Å². The van der Waals surface area contributed by atoms with Crippen molar-refractivity contribution in [3.8, 4) is 0 Å². The summed E-state index contributed by atoms with van der Waals surface area (Å²) < 4.78 is 20.7. The normalized spacial score (nSPS) is 12.8. The fourth-order valence-corrected chi connectivity index (χ4v) is 2.93. The van der Waals surface area contributed by atoms with Gasteiger partial charge in [-0.2, -0.15) is 0 Å². The van der Waals surface area contributed by atoms with Crippen LogP contribution in [0.4, 0.5) is 4.39 Å². The monoisotopic (exact) mass is 367 g/mol. The lowest BCUT2D eigenvalue weighted by Gasteiger charge is -2.15. The molecule has 1 atom stereocenters. The molecule has 1 N–H and O–H groups in total. The van der Waals surface area contributed by atoms with Crippen LogP contribution in [0.5, 0.6) is 0 Å². The average molecular weight is 369 g/mol. The van der Waals surface area contributed by atoms with Crippen LogP contribution < -0.4 is 5.32 Å².